The third-order valence-electron chi connectivity index (χ3n) is 4.25. The first-order valence-corrected chi connectivity index (χ1v) is 9.30. The minimum atomic E-state index is -0.442. The van der Waals surface area contributed by atoms with Crippen LogP contribution in [0.2, 0.25) is 0 Å². The second-order valence-electron chi connectivity index (χ2n) is 6.34. The molecule has 3 rings (SSSR count). The molecular formula is C20H20FN3O3S. The molecule has 2 amide bonds. The van der Waals surface area contributed by atoms with Crippen molar-refractivity contribution in [3.05, 3.63) is 65.5 Å². The van der Waals surface area contributed by atoms with Crippen LogP contribution < -0.4 is 16.0 Å². The molecule has 1 saturated heterocycles. The summed E-state index contributed by atoms with van der Waals surface area (Å²) in [6.45, 7) is 1.25. The summed E-state index contributed by atoms with van der Waals surface area (Å²) in [5.74, 6) is -1.03. The van der Waals surface area contributed by atoms with Crippen LogP contribution in [0.15, 0.2) is 48.5 Å². The topological polar surface area (TPSA) is 79.5 Å². The van der Waals surface area contributed by atoms with Gasteiger partial charge in [0.05, 0.1) is 6.10 Å². The predicted octanol–water partition coefficient (Wildman–Crippen LogP) is 2.86. The summed E-state index contributed by atoms with van der Waals surface area (Å²) in [7, 11) is 0. The van der Waals surface area contributed by atoms with Crippen LogP contribution in [0.4, 0.5) is 10.1 Å². The van der Waals surface area contributed by atoms with Gasteiger partial charge in [-0.05, 0) is 73.6 Å². The van der Waals surface area contributed by atoms with Gasteiger partial charge in [0.25, 0.3) is 11.8 Å². The number of rotatable bonds is 5. The van der Waals surface area contributed by atoms with Crippen molar-refractivity contribution >= 4 is 34.8 Å². The van der Waals surface area contributed by atoms with Crippen LogP contribution in [0.1, 0.15) is 33.6 Å². The lowest BCUT2D eigenvalue weighted by Gasteiger charge is -2.12. The van der Waals surface area contributed by atoms with Crippen molar-refractivity contribution in [3.8, 4) is 0 Å². The van der Waals surface area contributed by atoms with E-state index < -0.39 is 11.7 Å². The maximum Gasteiger partial charge on any atom is 0.257 e. The molecule has 2 aromatic carbocycles. The van der Waals surface area contributed by atoms with E-state index in [1.807, 2.05) is 0 Å². The molecule has 6 nitrogen and oxygen atoms in total. The van der Waals surface area contributed by atoms with Crippen molar-refractivity contribution in [2.24, 2.45) is 0 Å². The average Bonchev–Trinajstić information content (AvgIpc) is 3.20. The Morgan fingerprint density at radius 3 is 2.32 bits per heavy atom. The number of hydrogen-bond donors (Lipinski definition) is 3. The van der Waals surface area contributed by atoms with Crippen LogP contribution in [0.3, 0.4) is 0 Å². The van der Waals surface area contributed by atoms with Crippen LogP contribution in [0.25, 0.3) is 0 Å². The van der Waals surface area contributed by atoms with E-state index in [4.69, 9.17) is 17.0 Å². The van der Waals surface area contributed by atoms with Gasteiger partial charge < -0.3 is 15.4 Å². The van der Waals surface area contributed by atoms with Crippen molar-refractivity contribution < 1.29 is 18.7 Å². The number of ether oxygens (including phenoxy) is 1. The van der Waals surface area contributed by atoms with Gasteiger partial charge in [-0.2, -0.15) is 0 Å². The van der Waals surface area contributed by atoms with Crippen molar-refractivity contribution in [2.75, 3.05) is 18.5 Å². The zero-order chi connectivity index (χ0) is 19.9. The molecule has 0 aliphatic carbocycles. The van der Waals surface area contributed by atoms with E-state index in [0.29, 0.717) is 23.4 Å². The third-order valence-corrected chi connectivity index (χ3v) is 4.46. The molecule has 0 bridgehead atoms. The molecule has 8 heteroatoms. The first kappa shape index (κ1) is 19.9. The molecule has 1 aliphatic heterocycles. The summed E-state index contributed by atoms with van der Waals surface area (Å²) in [4.78, 5) is 24.2. The average molecular weight is 401 g/mol. The fourth-order valence-electron chi connectivity index (χ4n) is 2.76. The second kappa shape index (κ2) is 9.38. The molecule has 1 fully saturated rings. The lowest BCUT2D eigenvalue weighted by Crippen LogP contribution is -2.34. The number of anilines is 1. The molecule has 2 aromatic rings. The fraction of sp³-hybridized carbons (Fsp3) is 0.250. The minimum absolute atomic E-state index is 0.0898. The minimum Gasteiger partial charge on any atom is -0.376 e. The number of nitrogens with one attached hydrogen (secondary N) is 3. The Labute approximate surface area is 167 Å². The Morgan fingerprint density at radius 2 is 1.68 bits per heavy atom. The number of hydrogen-bond acceptors (Lipinski definition) is 4. The number of carbonyl (C=O) groups excluding carboxylic acids is 2. The summed E-state index contributed by atoms with van der Waals surface area (Å²) in [5.41, 5.74) is 1.44. The Balaban J connectivity index is 1.48. The monoisotopic (exact) mass is 401 g/mol. The molecule has 0 aromatic heterocycles. The number of benzene rings is 2. The molecule has 0 spiro atoms. The van der Waals surface area contributed by atoms with Gasteiger partial charge in [0.1, 0.15) is 5.82 Å². The zero-order valence-electron chi connectivity index (χ0n) is 15.0. The number of amides is 2. The summed E-state index contributed by atoms with van der Waals surface area (Å²) in [6.07, 6.45) is 2.08. The van der Waals surface area contributed by atoms with Gasteiger partial charge in [-0.3, -0.25) is 14.9 Å². The third kappa shape index (κ3) is 5.58. The first-order valence-electron chi connectivity index (χ1n) is 8.89. The van der Waals surface area contributed by atoms with Gasteiger partial charge >= 0.3 is 0 Å². The molecule has 146 valence electrons. The molecule has 1 atom stereocenters. The zero-order valence-corrected chi connectivity index (χ0v) is 15.9. The Hall–Kier alpha value is -2.84. The van der Waals surface area contributed by atoms with E-state index in [0.717, 1.165) is 19.4 Å². The highest BCUT2D eigenvalue weighted by molar-refractivity contribution is 7.80. The molecule has 0 saturated carbocycles. The van der Waals surface area contributed by atoms with E-state index in [1.165, 1.54) is 24.3 Å². The maximum atomic E-state index is 12.9. The van der Waals surface area contributed by atoms with Crippen LogP contribution in [0.5, 0.6) is 0 Å². The van der Waals surface area contributed by atoms with Gasteiger partial charge in [-0.15, -0.1) is 0 Å². The van der Waals surface area contributed by atoms with E-state index in [9.17, 15) is 14.0 Å². The van der Waals surface area contributed by atoms with Crippen LogP contribution >= 0.6 is 12.2 Å². The molecular weight excluding hydrogens is 381 g/mol. The van der Waals surface area contributed by atoms with Crippen LogP contribution in [-0.2, 0) is 4.74 Å². The lowest BCUT2D eigenvalue weighted by molar-refractivity contribution is 0.0857. The van der Waals surface area contributed by atoms with Gasteiger partial charge in [-0.25, -0.2) is 4.39 Å². The van der Waals surface area contributed by atoms with Gasteiger partial charge in [-0.1, -0.05) is 0 Å². The maximum absolute atomic E-state index is 12.9. The molecule has 3 N–H and O–H groups in total. The van der Waals surface area contributed by atoms with E-state index >= 15 is 0 Å². The van der Waals surface area contributed by atoms with Crippen molar-refractivity contribution in [1.82, 2.24) is 10.6 Å². The van der Waals surface area contributed by atoms with Gasteiger partial charge in [0, 0.05) is 30.0 Å². The Bertz CT molecular complexity index is 850. The summed E-state index contributed by atoms with van der Waals surface area (Å²) in [6, 6.07) is 11.9. The SMILES string of the molecule is O=C(NC[C@@H]1CCCO1)c1ccc(NC(=S)NC(=O)c2ccc(F)cc2)cc1. The molecule has 1 heterocycles. The Kier molecular flexibility index (Phi) is 6.67. The number of halogens is 1. The molecule has 28 heavy (non-hydrogen) atoms. The summed E-state index contributed by atoms with van der Waals surface area (Å²) < 4.78 is 18.4. The molecule has 0 unspecified atom stereocenters. The highest BCUT2D eigenvalue weighted by atomic mass is 32.1. The number of thiocarbonyl (C=S) groups is 1. The van der Waals surface area contributed by atoms with E-state index in [1.54, 1.807) is 24.3 Å². The largest absolute Gasteiger partial charge is 0.376 e. The van der Waals surface area contributed by atoms with Crippen LogP contribution in [-0.4, -0.2) is 36.2 Å². The first-order chi connectivity index (χ1) is 13.5. The summed E-state index contributed by atoms with van der Waals surface area (Å²) in [5, 5.41) is 8.35. The molecule has 1 aliphatic rings. The lowest BCUT2D eigenvalue weighted by atomic mass is 10.2. The van der Waals surface area contributed by atoms with Crippen LogP contribution in [0, 0.1) is 5.82 Å². The standard InChI is InChI=1S/C20H20FN3O3S/c21-15-7-3-14(4-8-15)19(26)24-20(28)23-16-9-5-13(6-10-16)18(25)22-12-17-2-1-11-27-17/h3-10,17H,1-2,11-12H2,(H,22,25)(H2,23,24,26,28)/t17-/m0/s1. The highest BCUT2D eigenvalue weighted by Crippen LogP contribution is 2.12. The van der Waals surface area contributed by atoms with Gasteiger partial charge in [0.15, 0.2) is 5.11 Å². The van der Waals surface area contributed by atoms with E-state index in [-0.39, 0.29) is 17.1 Å². The smallest absolute Gasteiger partial charge is 0.257 e. The quantitative estimate of drug-likeness (QED) is 0.672. The molecule has 0 radical (unpaired) electrons. The fourth-order valence-corrected chi connectivity index (χ4v) is 2.97. The second-order valence-corrected chi connectivity index (χ2v) is 6.75. The summed E-state index contributed by atoms with van der Waals surface area (Å²) >= 11 is 5.12. The van der Waals surface area contributed by atoms with E-state index in [2.05, 4.69) is 16.0 Å². The van der Waals surface area contributed by atoms with Gasteiger partial charge in [0.2, 0.25) is 0 Å². The van der Waals surface area contributed by atoms with Crippen molar-refractivity contribution in [1.29, 1.82) is 0 Å². The number of carbonyl (C=O) groups is 2. The normalized spacial score (nSPS) is 15.7. The highest BCUT2D eigenvalue weighted by Gasteiger charge is 2.16. The Morgan fingerprint density at radius 1 is 1.04 bits per heavy atom. The van der Waals surface area contributed by atoms with Crippen molar-refractivity contribution in [2.45, 2.75) is 18.9 Å². The predicted molar refractivity (Wildman–Crippen MR) is 108 cm³/mol. The van der Waals surface area contributed by atoms with Crippen molar-refractivity contribution in [3.63, 3.8) is 0 Å².